The van der Waals surface area contributed by atoms with Crippen LogP contribution in [0.1, 0.15) is 29.2 Å². The summed E-state index contributed by atoms with van der Waals surface area (Å²) < 4.78 is 13.4. The first-order valence-corrected chi connectivity index (χ1v) is 9.78. The van der Waals surface area contributed by atoms with Crippen LogP contribution in [0.4, 0.5) is 10.1 Å². The molecule has 2 aromatic carbocycles. The van der Waals surface area contributed by atoms with Crippen molar-refractivity contribution in [2.45, 2.75) is 34.2 Å². The highest BCUT2D eigenvalue weighted by Gasteiger charge is 2.17. The molecule has 0 saturated heterocycles. The number of nitrogens with zero attached hydrogens (tertiary/aromatic N) is 2. The number of rotatable bonds is 8. The summed E-state index contributed by atoms with van der Waals surface area (Å²) in [7, 11) is 1.74. The molecule has 0 bridgehead atoms. The number of aryl methyl sites for hydroxylation is 3. The molecule has 0 unspecified atom stereocenters. The fourth-order valence-electron chi connectivity index (χ4n) is 3.42. The lowest BCUT2D eigenvalue weighted by Gasteiger charge is -2.24. The highest BCUT2D eigenvalue weighted by molar-refractivity contribution is 5.94. The number of anilines is 1. The van der Waals surface area contributed by atoms with Gasteiger partial charge in [0.05, 0.1) is 13.1 Å². The van der Waals surface area contributed by atoms with Gasteiger partial charge in [0, 0.05) is 18.8 Å². The molecule has 0 aliphatic rings. The molecule has 2 amide bonds. The van der Waals surface area contributed by atoms with Crippen molar-refractivity contribution in [1.29, 1.82) is 0 Å². The fourth-order valence-corrected chi connectivity index (χ4v) is 3.42. The zero-order chi connectivity index (χ0) is 21.6. The van der Waals surface area contributed by atoms with Crippen LogP contribution >= 0.6 is 0 Å². The molecule has 0 heterocycles. The van der Waals surface area contributed by atoms with Gasteiger partial charge in [0.15, 0.2) is 0 Å². The number of benzene rings is 2. The normalized spacial score (nSPS) is 10.9. The van der Waals surface area contributed by atoms with E-state index in [4.69, 9.17) is 0 Å². The Labute approximate surface area is 172 Å². The van der Waals surface area contributed by atoms with Crippen LogP contribution in [-0.4, -0.2) is 48.3 Å². The van der Waals surface area contributed by atoms with Crippen molar-refractivity contribution < 1.29 is 14.0 Å². The van der Waals surface area contributed by atoms with Crippen LogP contribution in [0.15, 0.2) is 36.4 Å². The van der Waals surface area contributed by atoms with E-state index in [9.17, 15) is 14.0 Å². The van der Waals surface area contributed by atoms with Gasteiger partial charge in [-0.3, -0.25) is 14.5 Å². The lowest BCUT2D eigenvalue weighted by atomic mass is 10.1. The van der Waals surface area contributed by atoms with Gasteiger partial charge in [-0.05, 0) is 63.6 Å². The number of carbonyl (C=O) groups excluding carboxylic acids is 2. The van der Waals surface area contributed by atoms with E-state index in [0.717, 1.165) is 27.9 Å². The van der Waals surface area contributed by atoms with Gasteiger partial charge in [-0.25, -0.2) is 4.39 Å². The van der Waals surface area contributed by atoms with E-state index < -0.39 is 0 Å². The minimum atomic E-state index is -0.318. The summed E-state index contributed by atoms with van der Waals surface area (Å²) in [4.78, 5) is 28.4. The molecule has 0 aliphatic carbocycles. The molecule has 2 rings (SSSR count). The first-order chi connectivity index (χ1) is 13.7. The van der Waals surface area contributed by atoms with Gasteiger partial charge in [0.25, 0.3) is 0 Å². The topological polar surface area (TPSA) is 52.7 Å². The molecule has 2 aromatic rings. The summed E-state index contributed by atoms with van der Waals surface area (Å²) in [6, 6.07) is 10.3. The highest BCUT2D eigenvalue weighted by Crippen LogP contribution is 2.21. The maximum Gasteiger partial charge on any atom is 0.238 e. The second kappa shape index (κ2) is 10.2. The summed E-state index contributed by atoms with van der Waals surface area (Å²) in [5.74, 6) is -0.584. The number of halogens is 1. The van der Waals surface area contributed by atoms with Gasteiger partial charge in [0.2, 0.25) is 11.8 Å². The van der Waals surface area contributed by atoms with Crippen LogP contribution in [-0.2, 0) is 16.1 Å². The average Bonchev–Trinajstić information content (AvgIpc) is 2.62. The third-order valence-electron chi connectivity index (χ3n) is 4.76. The van der Waals surface area contributed by atoms with Crippen LogP contribution in [0, 0.1) is 26.6 Å². The SMILES string of the molecule is CCN(Cc1cccc(F)c1)C(=O)CN(C)CC(=O)Nc1c(C)cc(C)cc1C. The van der Waals surface area contributed by atoms with Gasteiger partial charge in [-0.2, -0.15) is 0 Å². The zero-order valence-electron chi connectivity index (χ0n) is 17.9. The second-order valence-electron chi connectivity index (χ2n) is 7.53. The Hall–Kier alpha value is -2.73. The molecule has 0 fully saturated rings. The molecule has 0 spiro atoms. The number of likely N-dealkylation sites (N-methyl/N-ethyl adjacent to an activating group) is 2. The van der Waals surface area contributed by atoms with Crippen LogP contribution in [0.5, 0.6) is 0 Å². The fraction of sp³-hybridized carbons (Fsp3) is 0.391. The maximum atomic E-state index is 13.4. The Balaban J connectivity index is 1.92. The predicted octanol–water partition coefficient (Wildman–Crippen LogP) is 3.67. The number of hydrogen-bond donors (Lipinski definition) is 1. The van der Waals surface area contributed by atoms with Crippen LogP contribution in [0.3, 0.4) is 0 Å². The summed E-state index contributed by atoms with van der Waals surface area (Å²) in [5, 5.41) is 2.95. The molecule has 0 aromatic heterocycles. The Bertz CT molecular complexity index is 859. The molecule has 0 aliphatic heterocycles. The van der Waals surface area contributed by atoms with Gasteiger partial charge in [-0.15, -0.1) is 0 Å². The number of hydrogen-bond acceptors (Lipinski definition) is 3. The van der Waals surface area contributed by atoms with Gasteiger partial charge in [0.1, 0.15) is 5.82 Å². The van der Waals surface area contributed by atoms with Crippen molar-refractivity contribution in [3.8, 4) is 0 Å². The molecule has 0 saturated carbocycles. The Kier molecular flexibility index (Phi) is 7.91. The minimum Gasteiger partial charge on any atom is -0.338 e. The first kappa shape index (κ1) is 22.6. The van der Waals surface area contributed by atoms with Gasteiger partial charge < -0.3 is 10.2 Å². The van der Waals surface area contributed by atoms with Crippen molar-refractivity contribution in [3.05, 3.63) is 64.5 Å². The predicted molar refractivity (Wildman–Crippen MR) is 114 cm³/mol. The average molecular weight is 400 g/mol. The molecule has 6 heteroatoms. The van der Waals surface area contributed by atoms with E-state index in [1.807, 2.05) is 39.8 Å². The van der Waals surface area contributed by atoms with Crippen molar-refractivity contribution in [1.82, 2.24) is 9.80 Å². The molecular weight excluding hydrogens is 369 g/mol. The Morgan fingerprint density at radius 2 is 1.69 bits per heavy atom. The van der Waals surface area contributed by atoms with Crippen molar-refractivity contribution >= 4 is 17.5 Å². The number of nitrogens with one attached hydrogen (secondary N) is 1. The minimum absolute atomic E-state index is 0.102. The monoisotopic (exact) mass is 399 g/mol. The van der Waals surface area contributed by atoms with Crippen LogP contribution < -0.4 is 5.32 Å². The van der Waals surface area contributed by atoms with E-state index in [1.54, 1.807) is 29.0 Å². The number of amides is 2. The van der Waals surface area contributed by atoms with E-state index in [2.05, 4.69) is 5.32 Å². The quantitative estimate of drug-likeness (QED) is 0.737. The van der Waals surface area contributed by atoms with E-state index in [1.165, 1.54) is 12.1 Å². The van der Waals surface area contributed by atoms with E-state index >= 15 is 0 Å². The summed E-state index contributed by atoms with van der Waals surface area (Å²) in [6.07, 6.45) is 0. The van der Waals surface area contributed by atoms with Gasteiger partial charge >= 0.3 is 0 Å². The van der Waals surface area contributed by atoms with E-state index in [0.29, 0.717) is 13.1 Å². The van der Waals surface area contributed by atoms with Crippen molar-refractivity contribution in [2.75, 3.05) is 32.0 Å². The summed E-state index contributed by atoms with van der Waals surface area (Å²) in [6.45, 7) is 8.91. The molecule has 29 heavy (non-hydrogen) atoms. The summed E-state index contributed by atoms with van der Waals surface area (Å²) in [5.41, 5.74) is 4.75. The molecule has 0 radical (unpaired) electrons. The van der Waals surface area contributed by atoms with Crippen LogP contribution in [0.2, 0.25) is 0 Å². The van der Waals surface area contributed by atoms with Gasteiger partial charge in [-0.1, -0.05) is 29.8 Å². The molecule has 0 atom stereocenters. The highest BCUT2D eigenvalue weighted by atomic mass is 19.1. The standard InChI is InChI=1S/C23H30FN3O2/c1-6-27(13-19-8-7-9-20(24)12-19)22(29)15-26(5)14-21(28)25-23-17(3)10-16(2)11-18(23)4/h7-12H,6,13-15H2,1-5H3,(H,25,28). The largest absolute Gasteiger partial charge is 0.338 e. The molecule has 5 nitrogen and oxygen atoms in total. The zero-order valence-corrected chi connectivity index (χ0v) is 17.9. The Morgan fingerprint density at radius 3 is 2.28 bits per heavy atom. The summed E-state index contributed by atoms with van der Waals surface area (Å²) >= 11 is 0. The smallest absolute Gasteiger partial charge is 0.238 e. The maximum absolute atomic E-state index is 13.4. The van der Waals surface area contributed by atoms with Crippen LogP contribution in [0.25, 0.3) is 0 Å². The third-order valence-corrected chi connectivity index (χ3v) is 4.76. The third kappa shape index (κ3) is 6.68. The van der Waals surface area contributed by atoms with Crippen molar-refractivity contribution in [3.63, 3.8) is 0 Å². The van der Waals surface area contributed by atoms with E-state index in [-0.39, 0.29) is 30.7 Å². The Morgan fingerprint density at radius 1 is 1.03 bits per heavy atom. The number of carbonyl (C=O) groups is 2. The second-order valence-corrected chi connectivity index (χ2v) is 7.53. The lowest BCUT2D eigenvalue weighted by molar-refractivity contribution is -0.132. The molecule has 156 valence electrons. The van der Waals surface area contributed by atoms with Crippen molar-refractivity contribution in [2.24, 2.45) is 0 Å². The first-order valence-electron chi connectivity index (χ1n) is 9.78. The lowest BCUT2D eigenvalue weighted by Crippen LogP contribution is -2.41. The molecular formula is C23H30FN3O2. The molecule has 1 N–H and O–H groups in total.